The van der Waals surface area contributed by atoms with E-state index in [1.165, 1.54) is 29.2 Å². The summed E-state index contributed by atoms with van der Waals surface area (Å²) in [6, 6.07) is 39.3. The van der Waals surface area contributed by atoms with E-state index in [0.717, 1.165) is 33.4 Å². The van der Waals surface area contributed by atoms with Gasteiger partial charge in [0.25, 0.3) is 0 Å². The van der Waals surface area contributed by atoms with Crippen LogP contribution in [0.2, 0.25) is 0 Å². The lowest BCUT2D eigenvalue weighted by molar-refractivity contribution is -0.117. The third-order valence-corrected chi connectivity index (χ3v) is 9.63. The highest BCUT2D eigenvalue weighted by Crippen LogP contribution is 2.30. The van der Waals surface area contributed by atoms with Crippen LogP contribution in [-0.2, 0) is 27.8 Å². The standard InChI is InChI=1S/C40H33N3O6S/c44-38-17-14-34(25-37(38)40(46)47)43(27-29-10-7-13-32(23-29)30-18-20-41-21-19-30)39(45)26-42-50(48,49)35-15-16-36(31-11-5-2-6-12-31)33(24-35)22-28-8-3-1-4-9-28/h1-21,23-25,42,44H,22,26-27H2,(H,46,47). The van der Waals surface area contributed by atoms with E-state index in [1.54, 1.807) is 24.5 Å². The number of hydrogen-bond acceptors (Lipinski definition) is 6. The molecule has 5 aromatic carbocycles. The number of aromatic nitrogens is 1. The number of carboxylic acids is 1. The molecule has 1 aromatic heterocycles. The lowest BCUT2D eigenvalue weighted by atomic mass is 9.95. The van der Waals surface area contributed by atoms with Gasteiger partial charge in [-0.3, -0.25) is 9.78 Å². The molecule has 0 atom stereocenters. The molecule has 3 N–H and O–H groups in total. The third kappa shape index (κ3) is 7.95. The third-order valence-electron chi connectivity index (χ3n) is 8.23. The quantitative estimate of drug-likeness (QED) is 0.127. The Morgan fingerprint density at radius 3 is 2.10 bits per heavy atom. The lowest BCUT2D eigenvalue weighted by Gasteiger charge is -2.24. The maximum atomic E-state index is 13.9. The molecule has 250 valence electrons. The Labute approximate surface area is 290 Å². The molecular formula is C40H33N3O6S. The number of nitrogens with one attached hydrogen (secondary N) is 1. The summed E-state index contributed by atoms with van der Waals surface area (Å²) >= 11 is 0. The molecule has 0 aliphatic rings. The molecule has 1 heterocycles. The number of rotatable bonds is 12. The van der Waals surface area contributed by atoms with Crippen molar-refractivity contribution in [3.63, 3.8) is 0 Å². The number of amides is 1. The number of carbonyl (C=O) groups is 2. The zero-order valence-corrected chi connectivity index (χ0v) is 27.6. The number of carboxylic acid groups (broad SMARTS) is 1. The molecule has 6 aromatic rings. The van der Waals surface area contributed by atoms with Gasteiger partial charge in [-0.15, -0.1) is 0 Å². The molecule has 0 spiro atoms. The van der Waals surface area contributed by atoms with Crippen molar-refractivity contribution in [2.24, 2.45) is 0 Å². The van der Waals surface area contributed by atoms with Crippen molar-refractivity contribution < 1.29 is 28.2 Å². The van der Waals surface area contributed by atoms with E-state index in [9.17, 15) is 28.2 Å². The highest BCUT2D eigenvalue weighted by molar-refractivity contribution is 7.89. The molecule has 50 heavy (non-hydrogen) atoms. The second kappa shape index (κ2) is 15.0. The fourth-order valence-electron chi connectivity index (χ4n) is 5.70. The molecule has 0 saturated carbocycles. The number of aromatic hydroxyl groups is 1. The summed E-state index contributed by atoms with van der Waals surface area (Å²) in [6.45, 7) is -0.611. The van der Waals surface area contributed by atoms with Crippen LogP contribution in [0, 0.1) is 0 Å². The molecule has 1 amide bonds. The lowest BCUT2D eigenvalue weighted by Crippen LogP contribution is -2.40. The van der Waals surface area contributed by atoms with Crippen molar-refractivity contribution >= 4 is 27.6 Å². The first-order valence-electron chi connectivity index (χ1n) is 15.8. The fourth-order valence-corrected chi connectivity index (χ4v) is 6.72. The van der Waals surface area contributed by atoms with Gasteiger partial charge < -0.3 is 15.1 Å². The van der Waals surface area contributed by atoms with Gasteiger partial charge in [0.1, 0.15) is 11.3 Å². The molecule has 0 radical (unpaired) electrons. The zero-order valence-electron chi connectivity index (χ0n) is 26.8. The molecule has 0 bridgehead atoms. The summed E-state index contributed by atoms with van der Waals surface area (Å²) < 4.78 is 29.9. The Balaban J connectivity index is 1.29. The largest absolute Gasteiger partial charge is 0.507 e. The maximum Gasteiger partial charge on any atom is 0.339 e. The number of nitrogens with zero attached hydrogens (tertiary/aromatic N) is 2. The van der Waals surface area contributed by atoms with E-state index in [2.05, 4.69) is 9.71 Å². The van der Waals surface area contributed by atoms with Gasteiger partial charge in [-0.05, 0) is 93.9 Å². The predicted molar refractivity (Wildman–Crippen MR) is 192 cm³/mol. The van der Waals surface area contributed by atoms with Gasteiger partial charge in [0.05, 0.1) is 18.0 Å². The van der Waals surface area contributed by atoms with Gasteiger partial charge in [-0.25, -0.2) is 17.9 Å². The average molecular weight is 684 g/mol. The molecule has 0 aliphatic heterocycles. The summed E-state index contributed by atoms with van der Waals surface area (Å²) in [7, 11) is -4.17. The second-order valence-electron chi connectivity index (χ2n) is 11.6. The zero-order chi connectivity index (χ0) is 35.1. The van der Waals surface area contributed by atoms with Gasteiger partial charge in [-0.1, -0.05) is 84.9 Å². The van der Waals surface area contributed by atoms with Gasteiger partial charge >= 0.3 is 5.97 Å². The number of sulfonamides is 1. The van der Waals surface area contributed by atoms with E-state index in [4.69, 9.17) is 0 Å². The normalized spacial score (nSPS) is 11.2. The highest BCUT2D eigenvalue weighted by Gasteiger charge is 2.23. The van der Waals surface area contributed by atoms with Crippen LogP contribution in [0.3, 0.4) is 0 Å². The van der Waals surface area contributed by atoms with E-state index in [1.807, 2.05) is 97.1 Å². The number of pyridine rings is 1. The topological polar surface area (TPSA) is 137 Å². The Hall–Kier alpha value is -6.10. The number of hydrogen-bond donors (Lipinski definition) is 3. The van der Waals surface area contributed by atoms with Crippen LogP contribution >= 0.6 is 0 Å². The number of benzene rings is 5. The summed E-state index contributed by atoms with van der Waals surface area (Å²) in [4.78, 5) is 31.1. The SMILES string of the molecule is O=C(O)c1cc(N(Cc2cccc(-c3ccncc3)c2)C(=O)CNS(=O)(=O)c2ccc(-c3ccccc3)c(Cc3ccccc3)c2)ccc1O. The Bertz CT molecular complexity index is 2250. The molecule has 9 nitrogen and oxygen atoms in total. The fraction of sp³-hybridized carbons (Fsp3) is 0.0750. The van der Waals surface area contributed by atoms with Gasteiger partial charge in [0.2, 0.25) is 15.9 Å². The molecular weight excluding hydrogens is 651 g/mol. The van der Waals surface area contributed by atoms with Crippen molar-refractivity contribution in [3.05, 3.63) is 168 Å². The van der Waals surface area contributed by atoms with Crippen LogP contribution in [0.25, 0.3) is 22.3 Å². The van der Waals surface area contributed by atoms with Gasteiger partial charge in [0, 0.05) is 18.1 Å². The van der Waals surface area contributed by atoms with Crippen molar-refractivity contribution in [1.29, 1.82) is 0 Å². The minimum absolute atomic E-state index is 0.00366. The molecule has 6 rings (SSSR count). The first-order chi connectivity index (χ1) is 24.2. The minimum Gasteiger partial charge on any atom is -0.507 e. The minimum atomic E-state index is -4.17. The smallest absolute Gasteiger partial charge is 0.339 e. The average Bonchev–Trinajstić information content (AvgIpc) is 3.14. The number of carbonyl (C=O) groups excluding carboxylic acids is 1. The van der Waals surface area contributed by atoms with Crippen molar-refractivity contribution in [3.8, 4) is 28.0 Å². The van der Waals surface area contributed by atoms with E-state index in [0.29, 0.717) is 12.0 Å². The van der Waals surface area contributed by atoms with E-state index in [-0.39, 0.29) is 17.1 Å². The van der Waals surface area contributed by atoms with Gasteiger partial charge in [-0.2, -0.15) is 0 Å². The molecule has 0 fully saturated rings. The van der Waals surface area contributed by atoms with Crippen LogP contribution < -0.4 is 9.62 Å². The van der Waals surface area contributed by atoms with E-state index < -0.39 is 39.8 Å². The molecule has 0 aliphatic carbocycles. The molecule has 0 saturated heterocycles. The molecule has 10 heteroatoms. The maximum absolute atomic E-state index is 13.9. The van der Waals surface area contributed by atoms with Crippen molar-refractivity contribution in [2.75, 3.05) is 11.4 Å². The first kappa shape index (κ1) is 33.8. The summed E-state index contributed by atoms with van der Waals surface area (Å²) in [5, 5.41) is 19.8. The van der Waals surface area contributed by atoms with Crippen LogP contribution in [0.1, 0.15) is 27.0 Å². The summed E-state index contributed by atoms with van der Waals surface area (Å²) in [5.41, 5.74) is 5.94. The van der Waals surface area contributed by atoms with Crippen molar-refractivity contribution in [2.45, 2.75) is 17.9 Å². The number of phenols is 1. The van der Waals surface area contributed by atoms with Crippen LogP contribution in [0.4, 0.5) is 5.69 Å². The van der Waals surface area contributed by atoms with Crippen molar-refractivity contribution in [1.82, 2.24) is 9.71 Å². The van der Waals surface area contributed by atoms with Gasteiger partial charge in [0.15, 0.2) is 0 Å². The Morgan fingerprint density at radius 1 is 0.700 bits per heavy atom. The predicted octanol–water partition coefficient (Wildman–Crippen LogP) is 6.92. The second-order valence-corrected chi connectivity index (χ2v) is 13.4. The Morgan fingerprint density at radius 2 is 1.38 bits per heavy atom. The monoisotopic (exact) mass is 683 g/mol. The first-order valence-corrected chi connectivity index (χ1v) is 17.2. The van der Waals surface area contributed by atoms with Crippen LogP contribution in [-0.4, -0.2) is 42.0 Å². The number of aromatic carboxylic acids is 1. The van der Waals surface area contributed by atoms with Crippen LogP contribution in [0.15, 0.2) is 151 Å². The summed E-state index contributed by atoms with van der Waals surface area (Å²) in [6.07, 6.45) is 3.84. The number of anilines is 1. The van der Waals surface area contributed by atoms with Crippen LogP contribution in [0.5, 0.6) is 5.75 Å². The highest BCUT2D eigenvalue weighted by atomic mass is 32.2. The Kier molecular flexibility index (Phi) is 10.1. The summed E-state index contributed by atoms with van der Waals surface area (Å²) in [5.74, 6) is -2.46. The van der Waals surface area contributed by atoms with E-state index >= 15 is 0 Å². The molecule has 0 unspecified atom stereocenters.